The van der Waals surface area contributed by atoms with Gasteiger partial charge < -0.3 is 10.0 Å². The van der Waals surface area contributed by atoms with Crippen molar-refractivity contribution in [1.29, 1.82) is 0 Å². The Hall–Kier alpha value is -3.56. The van der Waals surface area contributed by atoms with Crippen molar-refractivity contribution in [2.24, 2.45) is 11.8 Å². The van der Waals surface area contributed by atoms with E-state index in [1.807, 2.05) is 0 Å². The number of rotatable bonds is 7. The van der Waals surface area contributed by atoms with Gasteiger partial charge in [0, 0.05) is 39.4 Å². The van der Waals surface area contributed by atoms with Crippen LogP contribution in [0, 0.1) is 22.0 Å². The van der Waals surface area contributed by atoms with E-state index in [1.54, 1.807) is 41.8 Å². The van der Waals surface area contributed by atoms with Crippen molar-refractivity contribution in [2.75, 3.05) is 0 Å². The molecule has 0 radical (unpaired) electrons. The number of nitro benzene ring substituents is 1. The van der Waals surface area contributed by atoms with E-state index >= 15 is 0 Å². The molecule has 5 rings (SSSR count). The van der Waals surface area contributed by atoms with Gasteiger partial charge in [0.05, 0.1) is 16.9 Å². The Kier molecular flexibility index (Phi) is 6.83. The number of carboxylic acids is 1. The van der Waals surface area contributed by atoms with Gasteiger partial charge in [0.1, 0.15) is 5.54 Å². The number of nitrogens with zero attached hydrogens (tertiary/aromatic N) is 2. The second-order valence-electron chi connectivity index (χ2n) is 9.98. The summed E-state index contributed by atoms with van der Waals surface area (Å²) in [6.07, 6.45) is 2.11. The van der Waals surface area contributed by atoms with E-state index in [-0.39, 0.29) is 28.9 Å². The van der Waals surface area contributed by atoms with E-state index < -0.39 is 34.3 Å². The quantitative estimate of drug-likeness (QED) is 0.214. The molecule has 1 saturated carbocycles. The Morgan fingerprint density at radius 2 is 1.84 bits per heavy atom. The molecule has 1 amide bonds. The number of halogens is 1. The lowest BCUT2D eigenvalue weighted by Crippen LogP contribution is -2.56. The number of benzene rings is 2. The average Bonchev–Trinajstić information content (AvgIpc) is 3.47. The van der Waals surface area contributed by atoms with E-state index in [0.717, 1.165) is 6.42 Å². The van der Waals surface area contributed by atoms with Crippen LogP contribution in [0.4, 0.5) is 5.69 Å². The largest absolute Gasteiger partial charge is 0.479 e. The molecular weight excluding hydrogens is 528 g/mol. The number of aliphatic carboxylic acids is 1. The number of carbonyl (C=O) groups excluding carboxylic acids is 2. The molecule has 1 saturated heterocycles. The highest BCUT2D eigenvalue weighted by molar-refractivity contribution is 7.10. The van der Waals surface area contributed by atoms with Gasteiger partial charge >= 0.3 is 5.97 Å². The van der Waals surface area contributed by atoms with Gasteiger partial charge in [-0.05, 0) is 48.9 Å². The van der Waals surface area contributed by atoms with Crippen LogP contribution in [0.25, 0.3) is 0 Å². The van der Waals surface area contributed by atoms with Gasteiger partial charge in [0.25, 0.3) is 5.69 Å². The fourth-order valence-corrected chi connectivity index (χ4v) is 7.00. The lowest BCUT2D eigenvalue weighted by molar-refractivity contribution is -0.385. The van der Waals surface area contributed by atoms with E-state index in [0.29, 0.717) is 28.3 Å². The smallest absolute Gasteiger partial charge is 0.330 e. The summed E-state index contributed by atoms with van der Waals surface area (Å²) in [5, 5.41) is 24.5. The number of hydrogen-bond acceptors (Lipinski definition) is 6. The van der Waals surface area contributed by atoms with Gasteiger partial charge in [0.2, 0.25) is 5.91 Å². The molecule has 0 spiro atoms. The number of carbonyl (C=O) groups is 3. The number of thiophene rings is 1. The summed E-state index contributed by atoms with van der Waals surface area (Å²) < 4.78 is 0. The topological polar surface area (TPSA) is 118 Å². The van der Waals surface area contributed by atoms with E-state index in [9.17, 15) is 29.6 Å². The number of Topliss-reactive ketones (excluding diaryl/α,β-unsaturated/α-hetero) is 1. The zero-order valence-electron chi connectivity index (χ0n) is 20.5. The highest BCUT2D eigenvalue weighted by Crippen LogP contribution is 2.58. The summed E-state index contributed by atoms with van der Waals surface area (Å²) in [4.78, 5) is 54.6. The lowest BCUT2D eigenvalue weighted by Gasteiger charge is -2.41. The van der Waals surface area contributed by atoms with Crippen LogP contribution < -0.4 is 0 Å². The monoisotopic (exact) mass is 552 g/mol. The normalized spacial score (nSPS) is 25.1. The summed E-state index contributed by atoms with van der Waals surface area (Å²) in [7, 11) is 0. The molecular formula is C28H25ClN2O6S. The number of non-ortho nitro benzene ring substituents is 1. The molecule has 1 aliphatic heterocycles. The number of carboxylic acid groups (broad SMARTS) is 1. The first-order valence-corrected chi connectivity index (χ1v) is 13.5. The summed E-state index contributed by atoms with van der Waals surface area (Å²) in [5.74, 6) is -4.25. The summed E-state index contributed by atoms with van der Waals surface area (Å²) in [6.45, 7) is 1.49. The first-order chi connectivity index (χ1) is 18.1. The predicted molar refractivity (Wildman–Crippen MR) is 142 cm³/mol. The molecule has 196 valence electrons. The first kappa shape index (κ1) is 26.1. The third-order valence-corrected chi connectivity index (χ3v) is 9.08. The van der Waals surface area contributed by atoms with Crippen molar-refractivity contribution in [3.8, 4) is 0 Å². The zero-order valence-corrected chi connectivity index (χ0v) is 22.0. The molecule has 3 aromatic rings. The minimum atomic E-state index is -1.79. The van der Waals surface area contributed by atoms with Gasteiger partial charge in [-0.15, -0.1) is 11.3 Å². The minimum absolute atomic E-state index is 0.205. The zero-order chi connectivity index (χ0) is 27.2. The minimum Gasteiger partial charge on any atom is -0.479 e. The van der Waals surface area contributed by atoms with Gasteiger partial charge in [-0.25, -0.2) is 4.79 Å². The van der Waals surface area contributed by atoms with Crippen molar-refractivity contribution >= 4 is 46.3 Å². The number of nitro groups is 1. The third-order valence-electron chi connectivity index (χ3n) is 7.89. The molecule has 38 heavy (non-hydrogen) atoms. The van der Waals surface area contributed by atoms with Gasteiger partial charge in [-0.3, -0.25) is 19.7 Å². The van der Waals surface area contributed by atoms with Crippen LogP contribution in [0.1, 0.15) is 58.9 Å². The molecule has 10 heteroatoms. The molecule has 2 aromatic carbocycles. The van der Waals surface area contributed by atoms with Crippen molar-refractivity contribution in [1.82, 2.24) is 4.90 Å². The molecule has 1 aliphatic carbocycles. The van der Waals surface area contributed by atoms with E-state index in [4.69, 9.17) is 11.6 Å². The molecule has 4 atom stereocenters. The van der Waals surface area contributed by atoms with Crippen LogP contribution in [0.5, 0.6) is 0 Å². The van der Waals surface area contributed by atoms with Gasteiger partial charge in [0.15, 0.2) is 5.78 Å². The van der Waals surface area contributed by atoms with Crippen LogP contribution in [0.2, 0.25) is 5.02 Å². The predicted octanol–water partition coefficient (Wildman–Crippen LogP) is 6.12. The number of likely N-dealkylation sites (tertiary alicyclic amines) is 1. The van der Waals surface area contributed by atoms with Gasteiger partial charge in [-0.2, -0.15) is 0 Å². The molecule has 2 fully saturated rings. The Bertz CT molecular complexity index is 1420. The number of ketones is 1. The van der Waals surface area contributed by atoms with Crippen molar-refractivity contribution in [3.05, 3.63) is 97.2 Å². The summed E-state index contributed by atoms with van der Waals surface area (Å²) in [5.41, 5.74) is -1.36. The van der Waals surface area contributed by atoms with E-state index in [2.05, 4.69) is 0 Å². The second-order valence-corrected chi connectivity index (χ2v) is 11.4. The maximum Gasteiger partial charge on any atom is 0.330 e. The highest BCUT2D eigenvalue weighted by Gasteiger charge is 2.65. The van der Waals surface area contributed by atoms with E-state index in [1.165, 1.54) is 47.4 Å². The Morgan fingerprint density at radius 1 is 1.11 bits per heavy atom. The maximum atomic E-state index is 14.3. The molecule has 1 aromatic heterocycles. The second kappa shape index (κ2) is 9.96. The molecule has 8 nitrogen and oxygen atoms in total. The fourth-order valence-electron chi connectivity index (χ4n) is 5.82. The molecule has 1 N–H and O–H groups in total. The standard InChI is InChI=1S/C28H25ClN2O6S/c1-28(27(34)35)23(21-12-5-13-38-21)22(25(32)18-9-3-10-19(29)14-18)24(30(28)26(33)16-6-2-7-16)17-8-4-11-20(15-17)31(36)37/h3-5,8-16,22-24H,2,6-7H2,1H3,(H,34,35). The van der Waals surface area contributed by atoms with Crippen molar-refractivity contribution in [3.63, 3.8) is 0 Å². The maximum absolute atomic E-state index is 14.3. The Labute approximate surface area is 228 Å². The average molecular weight is 553 g/mol. The Balaban J connectivity index is 1.79. The molecule has 2 heterocycles. The molecule has 4 unspecified atom stereocenters. The van der Waals surface area contributed by atoms with Crippen LogP contribution in [-0.2, 0) is 9.59 Å². The van der Waals surface area contributed by atoms with Crippen molar-refractivity contribution in [2.45, 2.75) is 43.7 Å². The van der Waals surface area contributed by atoms with Crippen LogP contribution in [0.3, 0.4) is 0 Å². The van der Waals surface area contributed by atoms with Crippen LogP contribution >= 0.6 is 22.9 Å². The fraction of sp³-hybridized carbons (Fsp3) is 0.321. The Morgan fingerprint density at radius 3 is 2.42 bits per heavy atom. The number of amides is 1. The van der Waals surface area contributed by atoms with Crippen LogP contribution in [-0.4, -0.2) is 38.1 Å². The lowest BCUT2D eigenvalue weighted by atomic mass is 9.74. The highest BCUT2D eigenvalue weighted by atomic mass is 35.5. The summed E-state index contributed by atoms with van der Waals surface area (Å²) >= 11 is 7.53. The molecule has 0 bridgehead atoms. The third kappa shape index (κ3) is 4.19. The first-order valence-electron chi connectivity index (χ1n) is 12.3. The number of hydrogen-bond donors (Lipinski definition) is 1. The summed E-state index contributed by atoms with van der Waals surface area (Å²) in [6, 6.07) is 14.7. The molecule has 2 aliphatic rings. The van der Waals surface area contributed by atoms with Crippen LogP contribution in [0.15, 0.2) is 66.0 Å². The van der Waals surface area contributed by atoms with Gasteiger partial charge in [-0.1, -0.05) is 48.4 Å². The van der Waals surface area contributed by atoms with Crippen molar-refractivity contribution < 1.29 is 24.4 Å². The SMILES string of the molecule is CC1(C(=O)O)C(c2cccs2)C(C(=O)c2cccc(Cl)c2)C(c2cccc([N+](=O)[O-])c2)N1C(=O)C1CCC1.